The van der Waals surface area contributed by atoms with Gasteiger partial charge in [-0.05, 0) is 0 Å². The Morgan fingerprint density at radius 2 is 1.06 bits per heavy atom. The van der Waals surface area contributed by atoms with Gasteiger partial charge in [-0.15, -0.1) is 0 Å². The van der Waals surface area contributed by atoms with Crippen molar-refractivity contribution in [1.29, 1.82) is 0 Å². The third-order valence-corrected chi connectivity index (χ3v) is 19.0. The molecule has 31 heavy (non-hydrogen) atoms. The molecule has 0 aliphatic heterocycles. The van der Waals surface area contributed by atoms with Gasteiger partial charge in [0.05, 0.1) is 0 Å². The molecule has 4 rings (SSSR count). The van der Waals surface area contributed by atoms with Crippen molar-refractivity contribution in [2.75, 3.05) is 0 Å². The first-order valence-electron chi connectivity index (χ1n) is 11.3. The van der Waals surface area contributed by atoms with Gasteiger partial charge < -0.3 is 0 Å². The van der Waals surface area contributed by atoms with E-state index < -0.39 is 17.9 Å². The molecular formula is C28H34Cl2Zr. The van der Waals surface area contributed by atoms with Gasteiger partial charge in [-0.1, -0.05) is 0 Å². The fourth-order valence-corrected chi connectivity index (χ4v) is 16.0. The summed E-state index contributed by atoms with van der Waals surface area (Å²) in [4.78, 5) is 0. The summed E-state index contributed by atoms with van der Waals surface area (Å²) in [5, 5.41) is 0. The molecule has 0 saturated heterocycles. The van der Waals surface area contributed by atoms with Crippen LogP contribution in [-0.4, -0.2) is 0 Å². The maximum atomic E-state index is 7.44. The van der Waals surface area contributed by atoms with Crippen molar-refractivity contribution in [3.8, 4) is 11.1 Å². The topological polar surface area (TPSA) is 0 Å². The third kappa shape index (κ3) is 3.98. The van der Waals surface area contributed by atoms with Crippen LogP contribution >= 0.6 is 17.0 Å². The molecule has 2 aromatic rings. The van der Waals surface area contributed by atoms with Crippen LogP contribution in [0.25, 0.3) is 11.1 Å². The number of fused-ring (bicyclic) bond motifs is 3. The Labute approximate surface area is 200 Å². The first kappa shape index (κ1) is 23.5. The van der Waals surface area contributed by atoms with Gasteiger partial charge >= 0.3 is 201 Å². The van der Waals surface area contributed by atoms with Crippen molar-refractivity contribution in [2.45, 2.75) is 73.5 Å². The molecule has 0 heterocycles. The van der Waals surface area contributed by atoms with Gasteiger partial charge in [0.15, 0.2) is 0 Å². The van der Waals surface area contributed by atoms with Crippen molar-refractivity contribution < 1.29 is 17.9 Å². The summed E-state index contributed by atoms with van der Waals surface area (Å²) >= 11 is -3.66. The van der Waals surface area contributed by atoms with E-state index in [9.17, 15) is 0 Å². The summed E-state index contributed by atoms with van der Waals surface area (Å²) in [6, 6.07) is 9.65. The van der Waals surface area contributed by atoms with E-state index in [1.165, 1.54) is 44.5 Å². The quantitative estimate of drug-likeness (QED) is 0.361. The zero-order valence-corrected chi connectivity index (χ0v) is 24.0. The SMILES string of the molecule is Cc1cc2c(cc1C(C)(C)C)-c1cc(C(C)(C)C)c(C)cc1[CH]2[Zr]([Cl])([Cl])[CH]1C=CC=C1. The molecule has 3 heteroatoms. The maximum absolute atomic E-state index is 7.44. The van der Waals surface area contributed by atoms with E-state index >= 15 is 0 Å². The molecule has 164 valence electrons. The Morgan fingerprint density at radius 3 is 1.42 bits per heavy atom. The Morgan fingerprint density at radius 1 is 0.677 bits per heavy atom. The second kappa shape index (κ2) is 7.72. The molecule has 0 amide bonds. The second-order valence-electron chi connectivity index (χ2n) is 11.4. The van der Waals surface area contributed by atoms with E-state index in [0.29, 0.717) is 0 Å². The van der Waals surface area contributed by atoms with Crippen LogP contribution in [0, 0.1) is 13.8 Å². The fourth-order valence-electron chi connectivity index (χ4n) is 5.48. The summed E-state index contributed by atoms with van der Waals surface area (Å²) in [6.45, 7) is 18.3. The third-order valence-electron chi connectivity index (χ3n) is 6.90. The van der Waals surface area contributed by atoms with Crippen molar-refractivity contribution in [3.63, 3.8) is 0 Å². The monoisotopic (exact) mass is 530 g/mol. The summed E-state index contributed by atoms with van der Waals surface area (Å²) in [5.41, 5.74) is 11.0. The summed E-state index contributed by atoms with van der Waals surface area (Å²) in [6.07, 6.45) is 8.61. The van der Waals surface area contributed by atoms with E-state index in [-0.39, 0.29) is 18.1 Å². The van der Waals surface area contributed by atoms with Crippen LogP contribution in [0.3, 0.4) is 0 Å². The van der Waals surface area contributed by atoms with E-state index in [4.69, 9.17) is 17.0 Å². The first-order chi connectivity index (χ1) is 14.2. The van der Waals surface area contributed by atoms with Gasteiger partial charge in [-0.2, -0.15) is 0 Å². The predicted octanol–water partition coefficient (Wildman–Crippen LogP) is 9.34. The first-order valence-corrected chi connectivity index (χ1v) is 20.4. The van der Waals surface area contributed by atoms with Crippen LogP contribution in [0.2, 0.25) is 3.63 Å². The summed E-state index contributed by atoms with van der Waals surface area (Å²) in [7, 11) is 14.9. The van der Waals surface area contributed by atoms with Crippen molar-refractivity contribution in [3.05, 3.63) is 82.0 Å². The molecule has 0 N–H and O–H groups in total. The molecule has 2 aromatic carbocycles. The molecule has 0 fully saturated rings. The van der Waals surface area contributed by atoms with Crippen molar-refractivity contribution in [1.82, 2.24) is 0 Å². The average Bonchev–Trinajstić information content (AvgIpc) is 3.24. The summed E-state index contributed by atoms with van der Waals surface area (Å²) in [5.74, 6) is 0. The molecule has 0 aromatic heterocycles. The zero-order chi connectivity index (χ0) is 22.9. The van der Waals surface area contributed by atoms with Gasteiger partial charge in [0.2, 0.25) is 0 Å². The molecular weight excluding hydrogens is 498 g/mol. The predicted molar refractivity (Wildman–Crippen MR) is 134 cm³/mol. The van der Waals surface area contributed by atoms with E-state index in [2.05, 4.69) is 104 Å². The normalized spacial score (nSPS) is 16.8. The molecule has 0 nitrogen and oxygen atoms in total. The molecule has 0 unspecified atom stereocenters. The molecule has 2 aliphatic rings. The van der Waals surface area contributed by atoms with Gasteiger partial charge in [-0.25, -0.2) is 0 Å². The van der Waals surface area contributed by atoms with E-state index in [1.807, 2.05) is 0 Å². The molecule has 0 atom stereocenters. The summed E-state index contributed by atoms with van der Waals surface area (Å²) < 4.78 is 0.340. The number of hydrogen-bond acceptors (Lipinski definition) is 0. The second-order valence-corrected chi connectivity index (χ2v) is 26.3. The Balaban J connectivity index is 2.03. The van der Waals surface area contributed by atoms with Crippen LogP contribution in [-0.2, 0) is 28.7 Å². The van der Waals surface area contributed by atoms with Gasteiger partial charge in [0.1, 0.15) is 0 Å². The van der Waals surface area contributed by atoms with Gasteiger partial charge in [-0.3, -0.25) is 0 Å². The average molecular weight is 533 g/mol. The Kier molecular flexibility index (Phi) is 5.86. The minimum absolute atomic E-state index is 0.0914. The number of rotatable bonds is 2. The van der Waals surface area contributed by atoms with Crippen LogP contribution < -0.4 is 0 Å². The molecule has 0 radical (unpaired) electrons. The molecule has 0 spiro atoms. The number of allylic oxidation sites excluding steroid dienone is 4. The number of aryl methyl sites for hydroxylation is 2. The zero-order valence-electron chi connectivity index (χ0n) is 20.0. The number of hydrogen-bond donors (Lipinski definition) is 0. The van der Waals surface area contributed by atoms with Crippen molar-refractivity contribution in [2.24, 2.45) is 0 Å². The Hall–Kier alpha value is -0.617. The van der Waals surface area contributed by atoms with Gasteiger partial charge in [0, 0.05) is 0 Å². The number of benzene rings is 2. The number of halogens is 2. The van der Waals surface area contributed by atoms with Crippen LogP contribution in [0.4, 0.5) is 0 Å². The molecule has 0 bridgehead atoms. The minimum atomic E-state index is -3.66. The van der Waals surface area contributed by atoms with Gasteiger partial charge in [0.25, 0.3) is 0 Å². The van der Waals surface area contributed by atoms with Crippen LogP contribution in [0.5, 0.6) is 0 Å². The molecule has 0 saturated carbocycles. The van der Waals surface area contributed by atoms with Crippen LogP contribution in [0.15, 0.2) is 48.6 Å². The van der Waals surface area contributed by atoms with Crippen molar-refractivity contribution >= 4 is 17.0 Å². The van der Waals surface area contributed by atoms with Crippen LogP contribution in [0.1, 0.15) is 78.5 Å². The standard InChI is InChI=1S/C23H29.C5H5.2ClH.Zr/c1-14-9-16-11-17-10-15(2)21(23(6,7)8)13-19(17)18(16)12-20(14)22(3,4)5;1-2-4-5-3-1;;;/h9-13H,1-8H3;1-5H;2*1H;/q;;;;+2/p-2. The van der Waals surface area contributed by atoms with E-state index in [1.54, 1.807) is 0 Å². The van der Waals surface area contributed by atoms with E-state index in [0.717, 1.165) is 0 Å². The Bertz CT molecular complexity index is 1030. The molecule has 2 aliphatic carbocycles. The fraction of sp³-hybridized carbons (Fsp3) is 0.429.